The minimum Gasteiger partial charge on any atom is -0.467 e. The molecule has 0 bridgehead atoms. The quantitative estimate of drug-likeness (QED) is 0.510. The fourth-order valence-corrected chi connectivity index (χ4v) is 5.30. The van der Waals surface area contributed by atoms with Gasteiger partial charge in [0, 0.05) is 18.1 Å². The van der Waals surface area contributed by atoms with Gasteiger partial charge in [0.05, 0.1) is 23.6 Å². The van der Waals surface area contributed by atoms with E-state index in [2.05, 4.69) is 31.2 Å². The molecule has 6 rings (SSSR count). The van der Waals surface area contributed by atoms with Crippen molar-refractivity contribution in [2.75, 3.05) is 4.90 Å². The van der Waals surface area contributed by atoms with Crippen LogP contribution in [0.5, 0.6) is 0 Å². The molecule has 0 saturated heterocycles. The molecule has 2 heterocycles. The maximum absolute atomic E-state index is 13.8. The third kappa shape index (κ3) is 3.52. The van der Waals surface area contributed by atoms with Gasteiger partial charge in [-0.05, 0) is 61.9 Å². The van der Waals surface area contributed by atoms with E-state index in [1.807, 2.05) is 41.3 Å². The van der Waals surface area contributed by atoms with Crippen molar-refractivity contribution in [1.82, 2.24) is 0 Å². The van der Waals surface area contributed by atoms with E-state index in [0.717, 1.165) is 35.5 Å². The molecule has 166 valence electrons. The number of aryl methyl sites for hydroxylation is 1. The van der Waals surface area contributed by atoms with Gasteiger partial charge in [-0.2, -0.15) is 0 Å². The largest absolute Gasteiger partial charge is 0.467 e. The number of hydrogen-bond donors (Lipinski definition) is 0. The maximum atomic E-state index is 13.8. The number of amides is 1. The van der Waals surface area contributed by atoms with Gasteiger partial charge in [-0.1, -0.05) is 42.0 Å². The number of rotatable bonds is 3. The average Bonchev–Trinajstić information content (AvgIpc) is 3.56. The van der Waals surface area contributed by atoms with Gasteiger partial charge in [-0.25, -0.2) is 0 Å². The van der Waals surface area contributed by atoms with E-state index in [1.165, 1.54) is 5.56 Å². The number of Topliss-reactive ketones (excluding diaryl/α,β-unsaturated/α-hetero) is 1. The molecule has 0 spiro atoms. The van der Waals surface area contributed by atoms with Gasteiger partial charge in [-0.3, -0.25) is 19.5 Å². The molecule has 3 aliphatic rings. The second kappa shape index (κ2) is 7.84. The number of aliphatic imine (C=N–C) groups is 1. The van der Waals surface area contributed by atoms with Crippen molar-refractivity contribution in [3.63, 3.8) is 0 Å². The van der Waals surface area contributed by atoms with Crippen LogP contribution in [0.25, 0.3) is 0 Å². The van der Waals surface area contributed by atoms with Gasteiger partial charge < -0.3 is 4.42 Å². The van der Waals surface area contributed by atoms with Crippen molar-refractivity contribution in [2.45, 2.75) is 44.6 Å². The van der Waals surface area contributed by atoms with E-state index in [1.54, 1.807) is 6.26 Å². The van der Waals surface area contributed by atoms with Crippen LogP contribution in [0.15, 0.2) is 76.3 Å². The minimum atomic E-state index is -0.512. The molecule has 1 aliphatic heterocycles. The lowest BCUT2D eigenvalue weighted by atomic mass is 9.72. The van der Waals surface area contributed by atoms with Crippen molar-refractivity contribution in [2.24, 2.45) is 16.8 Å². The lowest BCUT2D eigenvalue weighted by Gasteiger charge is -2.37. The summed E-state index contributed by atoms with van der Waals surface area (Å²) >= 11 is 0. The molecule has 1 aromatic heterocycles. The Labute approximate surface area is 193 Å². The summed E-state index contributed by atoms with van der Waals surface area (Å²) in [6.45, 7) is 2.07. The van der Waals surface area contributed by atoms with E-state index in [0.29, 0.717) is 18.6 Å². The lowest BCUT2D eigenvalue weighted by Crippen LogP contribution is -2.46. The third-order valence-electron chi connectivity index (χ3n) is 7.16. The first-order valence-corrected chi connectivity index (χ1v) is 11.7. The highest BCUT2D eigenvalue weighted by molar-refractivity contribution is 6.13. The molecule has 3 atom stereocenters. The Hall–Kier alpha value is -3.47. The summed E-state index contributed by atoms with van der Waals surface area (Å²) in [6, 6.07) is 19.4. The molecule has 2 fully saturated rings. The molecule has 1 unspecified atom stereocenters. The second-order valence-electron chi connectivity index (χ2n) is 9.49. The predicted molar refractivity (Wildman–Crippen MR) is 127 cm³/mol. The Morgan fingerprint density at radius 1 is 1.00 bits per heavy atom. The van der Waals surface area contributed by atoms with Crippen LogP contribution in [0.4, 0.5) is 11.4 Å². The van der Waals surface area contributed by atoms with Crippen LogP contribution < -0.4 is 4.90 Å². The van der Waals surface area contributed by atoms with E-state index in [-0.39, 0.29) is 23.5 Å². The summed E-state index contributed by atoms with van der Waals surface area (Å²) in [7, 11) is 0. The number of carbonyl (C=O) groups excluding carboxylic acids is 2. The molecule has 33 heavy (non-hydrogen) atoms. The summed E-state index contributed by atoms with van der Waals surface area (Å²) in [5.41, 5.74) is 4.71. The van der Waals surface area contributed by atoms with Crippen molar-refractivity contribution >= 4 is 28.8 Å². The first-order chi connectivity index (χ1) is 16.1. The number of hydrogen-bond acceptors (Lipinski definition) is 4. The van der Waals surface area contributed by atoms with Crippen molar-refractivity contribution < 1.29 is 14.0 Å². The van der Waals surface area contributed by atoms with Gasteiger partial charge in [0.1, 0.15) is 17.6 Å². The Balaban J connectivity index is 1.49. The highest BCUT2D eigenvalue weighted by Gasteiger charge is 2.49. The van der Waals surface area contributed by atoms with Crippen LogP contribution in [-0.2, 0) is 9.59 Å². The molecule has 0 N–H and O–H groups in total. The molecule has 3 aromatic rings. The Morgan fingerprint density at radius 2 is 1.79 bits per heavy atom. The normalized spacial score (nSPS) is 24.5. The SMILES string of the molecule is Cc1ccc([C@@H]2CC(=O)C3C(=Nc4ccccc4N(C(=O)C4CC4)[C@@H]3c3ccco3)C2)cc1. The van der Waals surface area contributed by atoms with Crippen LogP contribution in [0.2, 0.25) is 0 Å². The Bertz CT molecular complexity index is 1240. The van der Waals surface area contributed by atoms with Crippen LogP contribution in [0.3, 0.4) is 0 Å². The highest BCUT2D eigenvalue weighted by Crippen LogP contribution is 2.49. The smallest absolute Gasteiger partial charge is 0.230 e. The van der Waals surface area contributed by atoms with Gasteiger partial charge in [0.15, 0.2) is 0 Å². The van der Waals surface area contributed by atoms with E-state index >= 15 is 0 Å². The van der Waals surface area contributed by atoms with E-state index < -0.39 is 12.0 Å². The standard InChI is InChI=1S/C28H26N2O3/c1-17-8-10-18(11-9-17)20-15-22-26(24(31)16-20)27(25-7-4-14-33-25)30(28(32)19-12-13-19)23-6-3-2-5-21(23)29-22/h2-11,14,19-20,26-27H,12-13,15-16H2,1H3/t20-,26?,27+/m0/s1. The van der Waals surface area contributed by atoms with Gasteiger partial charge in [0.2, 0.25) is 5.91 Å². The van der Waals surface area contributed by atoms with Crippen LogP contribution in [-0.4, -0.2) is 17.4 Å². The fraction of sp³-hybridized carbons (Fsp3) is 0.321. The Morgan fingerprint density at radius 3 is 2.52 bits per heavy atom. The van der Waals surface area contributed by atoms with Crippen LogP contribution in [0.1, 0.15) is 54.5 Å². The molecule has 0 radical (unpaired) electrons. The number of anilines is 1. The number of fused-ring (bicyclic) bond motifs is 2. The number of nitrogens with zero attached hydrogens (tertiary/aromatic N) is 2. The van der Waals surface area contributed by atoms with Gasteiger partial charge in [0.25, 0.3) is 0 Å². The van der Waals surface area contributed by atoms with Crippen LogP contribution in [0, 0.1) is 18.8 Å². The highest BCUT2D eigenvalue weighted by atomic mass is 16.3. The summed E-state index contributed by atoms with van der Waals surface area (Å²) in [4.78, 5) is 34.2. The summed E-state index contributed by atoms with van der Waals surface area (Å²) < 4.78 is 5.85. The lowest BCUT2D eigenvalue weighted by molar-refractivity contribution is -0.123. The number of ketones is 1. The first-order valence-electron chi connectivity index (χ1n) is 11.7. The van der Waals surface area contributed by atoms with Crippen molar-refractivity contribution in [3.05, 3.63) is 83.8 Å². The fourth-order valence-electron chi connectivity index (χ4n) is 5.30. The summed E-state index contributed by atoms with van der Waals surface area (Å²) in [5.74, 6) is 0.412. The average molecular weight is 439 g/mol. The molecule has 1 amide bonds. The monoisotopic (exact) mass is 438 g/mol. The zero-order valence-corrected chi connectivity index (χ0v) is 18.6. The predicted octanol–water partition coefficient (Wildman–Crippen LogP) is 5.92. The van der Waals surface area contributed by atoms with Crippen LogP contribution >= 0.6 is 0 Å². The zero-order valence-electron chi connectivity index (χ0n) is 18.6. The van der Waals surface area contributed by atoms with Gasteiger partial charge in [-0.15, -0.1) is 0 Å². The molecular weight excluding hydrogens is 412 g/mol. The molecule has 2 aliphatic carbocycles. The molecule has 2 aromatic carbocycles. The number of benzene rings is 2. The molecule has 5 nitrogen and oxygen atoms in total. The van der Waals surface area contributed by atoms with Crippen molar-refractivity contribution in [1.29, 1.82) is 0 Å². The maximum Gasteiger partial charge on any atom is 0.230 e. The van der Waals surface area contributed by atoms with Gasteiger partial charge >= 0.3 is 0 Å². The topological polar surface area (TPSA) is 62.9 Å². The number of para-hydroxylation sites is 2. The van der Waals surface area contributed by atoms with E-state index in [4.69, 9.17) is 9.41 Å². The number of furan rings is 1. The molecular formula is C28H26N2O3. The first kappa shape index (κ1) is 20.2. The minimum absolute atomic E-state index is 0.0102. The third-order valence-corrected chi connectivity index (χ3v) is 7.16. The molecule has 5 heteroatoms. The molecule has 2 saturated carbocycles. The summed E-state index contributed by atoms with van der Waals surface area (Å²) in [6.07, 6.45) is 4.53. The Kier molecular flexibility index (Phi) is 4.79. The number of carbonyl (C=O) groups is 2. The van der Waals surface area contributed by atoms with E-state index in [9.17, 15) is 9.59 Å². The second-order valence-corrected chi connectivity index (χ2v) is 9.49. The van der Waals surface area contributed by atoms with Crippen molar-refractivity contribution in [3.8, 4) is 0 Å². The summed E-state index contributed by atoms with van der Waals surface area (Å²) in [5, 5.41) is 0. The zero-order chi connectivity index (χ0) is 22.5.